The Morgan fingerprint density at radius 3 is 2.27 bits per heavy atom. The predicted molar refractivity (Wildman–Crippen MR) is 27.0 cm³/mol. The van der Waals surface area contributed by atoms with Gasteiger partial charge in [0.05, 0.1) is 11.8 Å². The quantitative estimate of drug-likeness (QED) is 0.547. The fourth-order valence-corrected chi connectivity index (χ4v) is 0.496. The van der Waals surface area contributed by atoms with Gasteiger partial charge in [-0.05, 0) is 0 Å². The molecule has 0 saturated carbocycles. The van der Waals surface area contributed by atoms with Crippen LogP contribution in [0.1, 0.15) is 5.56 Å². The topological polar surface area (TPSA) is 25.8 Å². The summed E-state index contributed by atoms with van der Waals surface area (Å²) >= 11 is 0. The highest BCUT2D eigenvalue weighted by atomic mass is 19.4. The summed E-state index contributed by atoms with van der Waals surface area (Å²) in [5.41, 5.74) is -1.13. The Hall–Kier alpha value is -1.20. The molecule has 1 aromatic heterocycles. The molecule has 0 aromatic carbocycles. The van der Waals surface area contributed by atoms with Gasteiger partial charge in [-0.15, -0.1) is 5.10 Å². The van der Waals surface area contributed by atoms with Gasteiger partial charge in [0.25, 0.3) is 0 Å². The van der Waals surface area contributed by atoms with Gasteiger partial charge in [0.2, 0.25) is 5.95 Å². The van der Waals surface area contributed by atoms with Gasteiger partial charge in [-0.1, -0.05) is 0 Å². The monoisotopic (exact) mass is 166 g/mol. The van der Waals surface area contributed by atoms with E-state index in [1.807, 2.05) is 0 Å². The second-order valence-electron chi connectivity index (χ2n) is 1.76. The number of hydrogen-bond donors (Lipinski definition) is 0. The number of rotatable bonds is 0. The maximum atomic E-state index is 12.0. The van der Waals surface area contributed by atoms with Gasteiger partial charge in [-0.25, -0.2) is 0 Å². The average molecular weight is 166 g/mol. The molecule has 0 aliphatic carbocycles. The van der Waals surface area contributed by atoms with Crippen molar-refractivity contribution in [3.05, 3.63) is 23.8 Å². The van der Waals surface area contributed by atoms with Crippen LogP contribution in [0.2, 0.25) is 0 Å². The van der Waals surface area contributed by atoms with Crippen LogP contribution < -0.4 is 0 Å². The normalized spacial score (nSPS) is 11.6. The first-order valence-electron chi connectivity index (χ1n) is 2.55. The van der Waals surface area contributed by atoms with Gasteiger partial charge in [-0.2, -0.15) is 22.7 Å². The van der Waals surface area contributed by atoms with E-state index in [0.717, 1.165) is 0 Å². The van der Waals surface area contributed by atoms with Crippen molar-refractivity contribution in [1.82, 2.24) is 10.2 Å². The van der Waals surface area contributed by atoms with Crippen LogP contribution in [0.15, 0.2) is 12.3 Å². The second-order valence-corrected chi connectivity index (χ2v) is 1.76. The molecule has 1 heterocycles. The highest BCUT2D eigenvalue weighted by molar-refractivity contribution is 5.10. The van der Waals surface area contributed by atoms with Crippen molar-refractivity contribution in [2.45, 2.75) is 6.18 Å². The number of aromatic nitrogens is 2. The smallest absolute Gasteiger partial charge is 0.183 e. The van der Waals surface area contributed by atoms with Crippen LogP contribution in [0.4, 0.5) is 17.6 Å². The molecule has 0 spiro atoms. The summed E-state index contributed by atoms with van der Waals surface area (Å²) in [4.78, 5) is 0. The molecule has 0 aliphatic rings. The minimum Gasteiger partial charge on any atom is -0.183 e. The minimum absolute atomic E-state index is 0.285. The predicted octanol–water partition coefficient (Wildman–Crippen LogP) is 1.63. The molecule has 60 valence electrons. The molecule has 0 aliphatic heterocycles. The molecule has 0 saturated heterocycles. The number of nitrogens with zero attached hydrogens (tertiary/aromatic N) is 2. The lowest BCUT2D eigenvalue weighted by Gasteiger charge is -2.03. The average Bonchev–Trinajstić information content (AvgIpc) is 1.86. The van der Waals surface area contributed by atoms with Gasteiger partial charge < -0.3 is 0 Å². The van der Waals surface area contributed by atoms with Crippen molar-refractivity contribution in [2.24, 2.45) is 0 Å². The molecule has 6 heteroatoms. The molecule has 0 unspecified atom stereocenters. The first kappa shape index (κ1) is 7.90. The zero-order valence-electron chi connectivity index (χ0n) is 5.06. The minimum atomic E-state index is -4.56. The molecule has 2 nitrogen and oxygen atoms in total. The summed E-state index contributed by atoms with van der Waals surface area (Å²) in [5, 5.41) is 5.54. The van der Waals surface area contributed by atoms with E-state index in [9.17, 15) is 17.6 Å². The molecular formula is C5H2F4N2. The molecule has 0 fully saturated rings. The third-order valence-corrected chi connectivity index (χ3v) is 0.952. The van der Waals surface area contributed by atoms with Crippen molar-refractivity contribution in [1.29, 1.82) is 0 Å². The van der Waals surface area contributed by atoms with E-state index in [1.54, 1.807) is 0 Å². The molecular weight excluding hydrogens is 164 g/mol. The lowest BCUT2D eigenvalue weighted by Crippen LogP contribution is -2.06. The first-order chi connectivity index (χ1) is 5.00. The summed E-state index contributed by atoms with van der Waals surface area (Å²) in [7, 11) is 0. The lowest BCUT2D eigenvalue weighted by molar-refractivity contribution is -0.138. The van der Waals surface area contributed by atoms with Crippen molar-refractivity contribution < 1.29 is 17.6 Å². The zero-order chi connectivity index (χ0) is 8.48. The third kappa shape index (κ3) is 1.86. The standard InChI is InChI=1S/C5H2F4N2/c6-4-1-3(2-10-11-4)5(7,8)9/h1-2H. The fraction of sp³-hybridized carbons (Fsp3) is 0.200. The van der Waals surface area contributed by atoms with Crippen LogP contribution in [-0.2, 0) is 6.18 Å². The molecule has 0 atom stereocenters. The van der Waals surface area contributed by atoms with Gasteiger partial charge >= 0.3 is 6.18 Å². The van der Waals surface area contributed by atoms with E-state index < -0.39 is 17.7 Å². The van der Waals surface area contributed by atoms with E-state index in [4.69, 9.17) is 0 Å². The van der Waals surface area contributed by atoms with Crippen LogP contribution in [-0.4, -0.2) is 10.2 Å². The van der Waals surface area contributed by atoms with Gasteiger partial charge in [0, 0.05) is 6.07 Å². The van der Waals surface area contributed by atoms with Crippen molar-refractivity contribution in [3.8, 4) is 0 Å². The van der Waals surface area contributed by atoms with E-state index in [0.29, 0.717) is 6.20 Å². The van der Waals surface area contributed by atoms with Crippen molar-refractivity contribution in [2.75, 3.05) is 0 Å². The Morgan fingerprint density at radius 1 is 1.27 bits per heavy atom. The van der Waals surface area contributed by atoms with Crippen LogP contribution in [0.25, 0.3) is 0 Å². The second kappa shape index (κ2) is 2.44. The number of halogens is 4. The Bertz CT molecular complexity index is 257. The van der Waals surface area contributed by atoms with E-state index in [1.165, 1.54) is 0 Å². The highest BCUT2D eigenvalue weighted by Crippen LogP contribution is 2.28. The molecule has 0 radical (unpaired) electrons. The van der Waals surface area contributed by atoms with Crippen molar-refractivity contribution >= 4 is 0 Å². The summed E-state index contributed by atoms with van der Waals surface area (Å²) < 4.78 is 47.2. The molecule has 1 rings (SSSR count). The number of alkyl halides is 3. The molecule has 1 aromatic rings. The summed E-state index contributed by atoms with van der Waals surface area (Å²) in [6.07, 6.45) is -4.10. The van der Waals surface area contributed by atoms with Crippen LogP contribution in [0.5, 0.6) is 0 Å². The Morgan fingerprint density at radius 2 is 1.91 bits per heavy atom. The zero-order valence-corrected chi connectivity index (χ0v) is 5.06. The summed E-state index contributed by atoms with van der Waals surface area (Å²) in [6.45, 7) is 0. The maximum absolute atomic E-state index is 12.0. The molecule has 11 heavy (non-hydrogen) atoms. The third-order valence-electron chi connectivity index (χ3n) is 0.952. The van der Waals surface area contributed by atoms with Crippen LogP contribution in [0.3, 0.4) is 0 Å². The summed E-state index contributed by atoms with van der Waals surface area (Å²) in [5.74, 6) is -1.24. The molecule has 0 N–H and O–H groups in total. The van der Waals surface area contributed by atoms with E-state index in [2.05, 4.69) is 10.2 Å². The molecule has 0 amide bonds. The fourth-order valence-electron chi connectivity index (χ4n) is 0.496. The number of hydrogen-bond acceptors (Lipinski definition) is 2. The van der Waals surface area contributed by atoms with E-state index >= 15 is 0 Å². The SMILES string of the molecule is Fc1cc(C(F)(F)F)cnn1. The van der Waals surface area contributed by atoms with Crippen LogP contribution in [0, 0.1) is 5.95 Å². The largest absolute Gasteiger partial charge is 0.418 e. The Balaban J connectivity index is 3.06. The Kier molecular flexibility index (Phi) is 1.76. The maximum Gasteiger partial charge on any atom is 0.418 e. The highest BCUT2D eigenvalue weighted by Gasteiger charge is 2.31. The molecule has 0 bridgehead atoms. The van der Waals surface area contributed by atoms with Gasteiger partial charge in [0.1, 0.15) is 0 Å². The summed E-state index contributed by atoms with van der Waals surface area (Å²) in [6, 6.07) is 0.285. The first-order valence-corrected chi connectivity index (χ1v) is 2.55. The van der Waals surface area contributed by atoms with Crippen LogP contribution >= 0.6 is 0 Å². The van der Waals surface area contributed by atoms with E-state index in [-0.39, 0.29) is 6.07 Å². The lowest BCUT2D eigenvalue weighted by atomic mass is 10.3. The van der Waals surface area contributed by atoms with Gasteiger partial charge in [0.15, 0.2) is 0 Å². The Labute approximate surface area is 58.9 Å². The van der Waals surface area contributed by atoms with Gasteiger partial charge in [-0.3, -0.25) is 0 Å². The van der Waals surface area contributed by atoms with Crippen molar-refractivity contribution in [3.63, 3.8) is 0 Å².